The summed E-state index contributed by atoms with van der Waals surface area (Å²) in [5, 5.41) is 11.2. The van der Waals surface area contributed by atoms with E-state index in [0.29, 0.717) is 90.2 Å². The van der Waals surface area contributed by atoms with Gasteiger partial charge in [0, 0.05) is 73.2 Å². The molecule has 1 aromatic heterocycles. The normalized spacial score (nSPS) is 19.9. The molecular weight excluding hydrogens is 626 g/mol. The molecule has 3 aliphatic heterocycles. The Labute approximate surface area is 286 Å². The molecule has 8 nitrogen and oxygen atoms in total. The zero-order valence-corrected chi connectivity index (χ0v) is 28.0. The molecule has 9 heteroatoms. The molecule has 0 spiro atoms. The lowest BCUT2D eigenvalue weighted by molar-refractivity contribution is -0.126. The van der Waals surface area contributed by atoms with Gasteiger partial charge < -0.3 is 19.6 Å². The van der Waals surface area contributed by atoms with E-state index in [1.165, 1.54) is 18.4 Å². The maximum absolute atomic E-state index is 13.9. The van der Waals surface area contributed by atoms with Crippen LogP contribution in [0.15, 0.2) is 72.0 Å². The van der Waals surface area contributed by atoms with Crippen molar-refractivity contribution in [1.82, 2.24) is 9.88 Å². The van der Waals surface area contributed by atoms with Gasteiger partial charge in [-0.3, -0.25) is 19.4 Å². The Balaban J connectivity index is 1.11. The number of carbonyl (C=O) groups is 3. The molecule has 48 heavy (non-hydrogen) atoms. The fourth-order valence-electron chi connectivity index (χ4n) is 7.26. The molecule has 1 fully saturated rings. The molecule has 0 radical (unpaired) electrons. The number of aromatic nitrogens is 1. The number of aliphatic hydroxyl groups is 1. The van der Waals surface area contributed by atoms with Gasteiger partial charge in [0.05, 0.1) is 30.4 Å². The fraction of sp³-hybridized carbons (Fsp3) is 0.385. The molecule has 2 aromatic carbocycles. The number of nitrogens with zero attached hydrogens (tertiary/aromatic N) is 3. The van der Waals surface area contributed by atoms with E-state index in [1.54, 1.807) is 29.1 Å². The second-order valence-corrected chi connectivity index (χ2v) is 13.7. The minimum absolute atomic E-state index is 0.0207. The van der Waals surface area contributed by atoms with Crippen LogP contribution in [-0.2, 0) is 29.0 Å². The molecular formula is C39H40ClN3O5. The number of anilines is 1. The van der Waals surface area contributed by atoms with Gasteiger partial charge in [-0.25, -0.2) is 0 Å². The third-order valence-electron chi connectivity index (χ3n) is 10.0. The van der Waals surface area contributed by atoms with Gasteiger partial charge in [-0.05, 0) is 79.0 Å². The first-order valence-electron chi connectivity index (χ1n) is 16.9. The summed E-state index contributed by atoms with van der Waals surface area (Å²) >= 11 is 6.70. The van der Waals surface area contributed by atoms with Gasteiger partial charge in [0.1, 0.15) is 0 Å². The highest BCUT2D eigenvalue weighted by Gasteiger charge is 2.34. The minimum Gasteiger partial charge on any atom is -0.392 e. The number of halogens is 1. The molecule has 0 saturated heterocycles. The summed E-state index contributed by atoms with van der Waals surface area (Å²) in [5.74, 6) is 0.133. The van der Waals surface area contributed by atoms with Crippen LogP contribution < -0.4 is 4.90 Å². The molecule has 1 aliphatic carbocycles. The monoisotopic (exact) mass is 665 g/mol. The number of Topliss-reactive ketones (excluding diaryl/α,β-unsaturated/α-hetero) is 1. The number of amides is 2. The predicted octanol–water partition coefficient (Wildman–Crippen LogP) is 6.34. The Bertz CT molecular complexity index is 1830. The van der Waals surface area contributed by atoms with E-state index in [9.17, 15) is 19.5 Å². The fourth-order valence-corrected chi connectivity index (χ4v) is 7.59. The van der Waals surface area contributed by atoms with Crippen molar-refractivity contribution in [3.05, 3.63) is 116 Å². The zero-order valence-electron chi connectivity index (χ0n) is 27.2. The highest BCUT2D eigenvalue weighted by Crippen LogP contribution is 2.43. The molecule has 248 valence electrons. The highest BCUT2D eigenvalue weighted by molar-refractivity contribution is 6.35. The third kappa shape index (κ3) is 6.62. The average molecular weight is 666 g/mol. The molecule has 4 heterocycles. The number of aliphatic hydroxyl groups excluding tert-OH is 1. The van der Waals surface area contributed by atoms with Crippen LogP contribution in [0.4, 0.5) is 5.69 Å². The quantitative estimate of drug-likeness (QED) is 0.212. The Kier molecular flexibility index (Phi) is 9.32. The van der Waals surface area contributed by atoms with E-state index in [-0.39, 0.29) is 30.1 Å². The number of carbonyl (C=O) groups excluding carboxylic acids is 3. The molecule has 1 N–H and O–H groups in total. The summed E-state index contributed by atoms with van der Waals surface area (Å²) in [4.78, 5) is 48.1. The third-order valence-corrected chi connectivity index (χ3v) is 10.3. The summed E-state index contributed by atoms with van der Waals surface area (Å²) in [6.45, 7) is 2.00. The van der Waals surface area contributed by atoms with Crippen LogP contribution in [0.1, 0.15) is 92.6 Å². The standard InChI is InChI=1S/C39H40ClN3O5/c1-42-22-30(18-29(38(42)46)19-31-10-9-27(21-41-31)36(45)16-24-4-3-14-48-15-12-24)32-5-2-6-35(33(32)23-44)43-13-11-26-17-28(25-7-8-25)20-34(40)37(26)39(43)47/h2,4-6,9-10,17-18,20-21,25,30,44H,3,7-8,11-16,19,22-23H2,1H3. The van der Waals surface area contributed by atoms with Crippen LogP contribution in [0.5, 0.6) is 0 Å². The molecule has 2 amide bonds. The average Bonchev–Trinajstić information content (AvgIpc) is 3.96. The van der Waals surface area contributed by atoms with E-state index >= 15 is 0 Å². The van der Waals surface area contributed by atoms with E-state index < -0.39 is 0 Å². The summed E-state index contributed by atoms with van der Waals surface area (Å²) in [6.07, 6.45) is 10.9. The summed E-state index contributed by atoms with van der Waals surface area (Å²) in [6, 6.07) is 13.4. The maximum atomic E-state index is 13.9. The lowest BCUT2D eigenvalue weighted by Crippen LogP contribution is -2.39. The van der Waals surface area contributed by atoms with Gasteiger partial charge in [0.2, 0.25) is 5.91 Å². The molecule has 7 rings (SSSR count). The largest absolute Gasteiger partial charge is 0.392 e. The molecule has 3 aromatic rings. The van der Waals surface area contributed by atoms with Gasteiger partial charge in [0.15, 0.2) is 5.78 Å². The van der Waals surface area contributed by atoms with E-state index in [0.717, 1.165) is 29.5 Å². The first-order chi connectivity index (χ1) is 23.3. The summed E-state index contributed by atoms with van der Waals surface area (Å²) in [7, 11) is 1.77. The Morgan fingerprint density at radius 2 is 1.94 bits per heavy atom. The van der Waals surface area contributed by atoms with E-state index in [1.807, 2.05) is 36.4 Å². The highest BCUT2D eigenvalue weighted by atomic mass is 35.5. The number of hydrogen-bond donors (Lipinski definition) is 1. The summed E-state index contributed by atoms with van der Waals surface area (Å²) in [5.41, 5.74) is 7.89. The van der Waals surface area contributed by atoms with Crippen molar-refractivity contribution >= 4 is 34.9 Å². The number of ketones is 1. The van der Waals surface area contributed by atoms with Gasteiger partial charge in [-0.1, -0.05) is 47.5 Å². The van der Waals surface area contributed by atoms with E-state index in [2.05, 4.69) is 17.1 Å². The van der Waals surface area contributed by atoms with Gasteiger partial charge in [-0.15, -0.1) is 0 Å². The van der Waals surface area contributed by atoms with Crippen LogP contribution in [0.2, 0.25) is 5.02 Å². The van der Waals surface area contributed by atoms with Crippen molar-refractivity contribution < 1.29 is 24.2 Å². The minimum atomic E-state index is -0.255. The number of pyridine rings is 1. The number of rotatable bonds is 9. The first kappa shape index (κ1) is 32.4. The van der Waals surface area contributed by atoms with Crippen LogP contribution in [-0.4, -0.2) is 65.9 Å². The van der Waals surface area contributed by atoms with Gasteiger partial charge in [0.25, 0.3) is 5.91 Å². The lowest BCUT2D eigenvalue weighted by atomic mass is 9.86. The molecule has 1 saturated carbocycles. The van der Waals surface area contributed by atoms with Crippen LogP contribution >= 0.6 is 11.6 Å². The maximum Gasteiger partial charge on any atom is 0.260 e. The van der Waals surface area contributed by atoms with Crippen molar-refractivity contribution in [2.24, 2.45) is 0 Å². The van der Waals surface area contributed by atoms with Crippen molar-refractivity contribution in [3.8, 4) is 0 Å². The van der Waals surface area contributed by atoms with Crippen molar-refractivity contribution in [2.45, 2.75) is 63.4 Å². The second-order valence-electron chi connectivity index (χ2n) is 13.3. The SMILES string of the molecule is CN1CC(c2cccc(N3CCc4cc(C5CC5)cc(Cl)c4C3=O)c2CO)C=C(Cc2ccc(C(=O)CC3=CCCOCC3)cn2)C1=O. The van der Waals surface area contributed by atoms with Crippen LogP contribution in [0.3, 0.4) is 0 Å². The number of benzene rings is 2. The van der Waals surface area contributed by atoms with Crippen LogP contribution in [0.25, 0.3) is 0 Å². The van der Waals surface area contributed by atoms with Crippen molar-refractivity contribution in [2.75, 3.05) is 38.3 Å². The molecule has 0 bridgehead atoms. The number of likely N-dealkylation sites (N-methyl/N-ethyl adjacent to an activating group) is 1. The topological polar surface area (TPSA) is 100 Å². The second kappa shape index (κ2) is 13.8. The number of ether oxygens (including phenoxy) is 1. The van der Waals surface area contributed by atoms with Crippen LogP contribution in [0, 0.1) is 0 Å². The Morgan fingerprint density at radius 3 is 2.71 bits per heavy atom. The lowest BCUT2D eigenvalue weighted by Gasteiger charge is -2.34. The number of hydrogen-bond acceptors (Lipinski definition) is 6. The first-order valence-corrected chi connectivity index (χ1v) is 17.2. The number of fused-ring (bicyclic) bond motifs is 1. The Hall–Kier alpha value is -4.11. The van der Waals surface area contributed by atoms with Gasteiger partial charge >= 0.3 is 0 Å². The van der Waals surface area contributed by atoms with Gasteiger partial charge in [-0.2, -0.15) is 0 Å². The predicted molar refractivity (Wildman–Crippen MR) is 185 cm³/mol. The Morgan fingerprint density at radius 1 is 1.08 bits per heavy atom. The van der Waals surface area contributed by atoms with E-state index in [4.69, 9.17) is 16.3 Å². The smallest absolute Gasteiger partial charge is 0.260 e. The molecule has 4 aliphatic rings. The zero-order chi connectivity index (χ0) is 33.4. The van der Waals surface area contributed by atoms with Crippen molar-refractivity contribution in [3.63, 3.8) is 0 Å². The van der Waals surface area contributed by atoms with Crippen molar-refractivity contribution in [1.29, 1.82) is 0 Å². The molecule has 1 unspecified atom stereocenters. The summed E-state index contributed by atoms with van der Waals surface area (Å²) < 4.78 is 5.48. The molecule has 1 atom stereocenters.